The quantitative estimate of drug-likeness (QED) is 0.817. The summed E-state index contributed by atoms with van der Waals surface area (Å²) < 4.78 is 5.35. The molecule has 0 bridgehead atoms. The van der Waals surface area contributed by atoms with Crippen LogP contribution in [0, 0.1) is 0 Å². The molecule has 1 N–H and O–H groups in total. The zero-order valence-corrected chi connectivity index (χ0v) is 12.3. The molecule has 4 heteroatoms. The van der Waals surface area contributed by atoms with Crippen LogP contribution >= 0.6 is 0 Å². The Labute approximate surface area is 115 Å². The molecule has 0 atom stereocenters. The Morgan fingerprint density at radius 3 is 2.68 bits per heavy atom. The van der Waals surface area contributed by atoms with Crippen LogP contribution in [0.25, 0.3) is 0 Å². The predicted molar refractivity (Wildman–Crippen MR) is 77.4 cm³/mol. The second-order valence-corrected chi connectivity index (χ2v) is 4.53. The Bertz CT molecular complexity index is 419. The molecule has 1 amide bonds. The first-order valence-corrected chi connectivity index (χ1v) is 6.72. The molecule has 1 rings (SSSR count). The van der Waals surface area contributed by atoms with Crippen LogP contribution in [0.4, 0.5) is 0 Å². The highest BCUT2D eigenvalue weighted by molar-refractivity contribution is 5.78. The van der Waals surface area contributed by atoms with Gasteiger partial charge in [0.2, 0.25) is 5.91 Å². The van der Waals surface area contributed by atoms with E-state index in [0.717, 1.165) is 24.3 Å². The van der Waals surface area contributed by atoms with Gasteiger partial charge in [-0.1, -0.05) is 26.0 Å². The topological polar surface area (TPSA) is 41.6 Å². The number of rotatable bonds is 7. The SMILES string of the molecule is CCNCC(=O)N(C)Cc1cc(CC)ccc1OC. The number of methoxy groups -OCH3 is 1. The largest absolute Gasteiger partial charge is 0.496 e. The molecule has 0 aromatic heterocycles. The summed E-state index contributed by atoms with van der Waals surface area (Å²) >= 11 is 0. The maximum Gasteiger partial charge on any atom is 0.236 e. The van der Waals surface area contributed by atoms with E-state index in [-0.39, 0.29) is 5.91 Å². The summed E-state index contributed by atoms with van der Waals surface area (Å²) in [7, 11) is 3.47. The number of benzene rings is 1. The zero-order chi connectivity index (χ0) is 14.3. The van der Waals surface area contributed by atoms with Gasteiger partial charge in [0.15, 0.2) is 0 Å². The number of carbonyl (C=O) groups is 1. The minimum atomic E-state index is 0.0887. The molecule has 0 spiro atoms. The summed E-state index contributed by atoms with van der Waals surface area (Å²) in [5, 5.41) is 3.04. The third-order valence-electron chi connectivity index (χ3n) is 3.11. The fourth-order valence-electron chi connectivity index (χ4n) is 1.89. The van der Waals surface area contributed by atoms with Crippen molar-refractivity contribution in [2.24, 2.45) is 0 Å². The molecule has 1 aromatic carbocycles. The molecule has 0 unspecified atom stereocenters. The summed E-state index contributed by atoms with van der Waals surface area (Å²) in [6, 6.07) is 6.13. The summed E-state index contributed by atoms with van der Waals surface area (Å²) in [5.74, 6) is 0.922. The summed E-state index contributed by atoms with van der Waals surface area (Å²) in [4.78, 5) is 13.6. The van der Waals surface area contributed by atoms with Crippen molar-refractivity contribution in [2.75, 3.05) is 27.2 Å². The molecule has 0 aliphatic heterocycles. The molecule has 1 aromatic rings. The van der Waals surface area contributed by atoms with E-state index in [4.69, 9.17) is 4.74 Å². The minimum absolute atomic E-state index is 0.0887. The van der Waals surface area contributed by atoms with Crippen LogP contribution in [0.2, 0.25) is 0 Å². The molecule has 19 heavy (non-hydrogen) atoms. The standard InChI is InChI=1S/C15H24N2O2/c1-5-12-7-8-14(19-4)13(9-12)11-17(3)15(18)10-16-6-2/h7-9,16H,5-6,10-11H2,1-4H3. The molecule has 106 valence electrons. The molecule has 0 aliphatic carbocycles. The van der Waals surface area contributed by atoms with Crippen LogP contribution in [0.15, 0.2) is 18.2 Å². The van der Waals surface area contributed by atoms with E-state index in [1.165, 1.54) is 5.56 Å². The molecule has 4 nitrogen and oxygen atoms in total. The van der Waals surface area contributed by atoms with E-state index in [1.54, 1.807) is 12.0 Å². The van der Waals surface area contributed by atoms with Crippen LogP contribution in [-0.2, 0) is 17.8 Å². The van der Waals surface area contributed by atoms with Crippen molar-refractivity contribution in [1.82, 2.24) is 10.2 Å². The number of hydrogen-bond donors (Lipinski definition) is 1. The Balaban J connectivity index is 2.76. The van der Waals surface area contributed by atoms with Crippen molar-refractivity contribution >= 4 is 5.91 Å². The highest BCUT2D eigenvalue weighted by Crippen LogP contribution is 2.21. The normalized spacial score (nSPS) is 10.3. The maximum atomic E-state index is 11.9. The average molecular weight is 264 g/mol. The van der Waals surface area contributed by atoms with Crippen molar-refractivity contribution in [3.63, 3.8) is 0 Å². The number of likely N-dealkylation sites (N-methyl/N-ethyl adjacent to an activating group) is 2. The minimum Gasteiger partial charge on any atom is -0.496 e. The molecule has 0 saturated heterocycles. The predicted octanol–water partition coefficient (Wildman–Crippen LogP) is 1.83. The molecule has 0 aliphatic rings. The monoisotopic (exact) mass is 264 g/mol. The van der Waals surface area contributed by atoms with Crippen LogP contribution in [-0.4, -0.2) is 38.1 Å². The first kappa shape index (κ1) is 15.5. The Hall–Kier alpha value is -1.55. The van der Waals surface area contributed by atoms with E-state index >= 15 is 0 Å². The number of nitrogens with zero attached hydrogens (tertiary/aromatic N) is 1. The highest BCUT2D eigenvalue weighted by atomic mass is 16.5. The van der Waals surface area contributed by atoms with Gasteiger partial charge in [-0.25, -0.2) is 0 Å². The van der Waals surface area contributed by atoms with Gasteiger partial charge in [0.25, 0.3) is 0 Å². The van der Waals surface area contributed by atoms with Gasteiger partial charge in [-0.15, -0.1) is 0 Å². The van der Waals surface area contributed by atoms with Gasteiger partial charge in [-0.2, -0.15) is 0 Å². The molecular weight excluding hydrogens is 240 g/mol. The maximum absolute atomic E-state index is 11.9. The van der Waals surface area contributed by atoms with Crippen molar-refractivity contribution in [1.29, 1.82) is 0 Å². The lowest BCUT2D eigenvalue weighted by atomic mass is 10.1. The Kier molecular flexibility index (Phi) is 6.36. The van der Waals surface area contributed by atoms with Gasteiger partial charge in [-0.3, -0.25) is 4.79 Å². The van der Waals surface area contributed by atoms with E-state index in [9.17, 15) is 4.79 Å². The summed E-state index contributed by atoms with van der Waals surface area (Å²) in [5.41, 5.74) is 2.30. The van der Waals surface area contributed by atoms with Gasteiger partial charge in [0.05, 0.1) is 13.7 Å². The van der Waals surface area contributed by atoms with Crippen molar-refractivity contribution in [3.05, 3.63) is 29.3 Å². The van der Waals surface area contributed by atoms with E-state index in [2.05, 4.69) is 24.4 Å². The lowest BCUT2D eigenvalue weighted by Gasteiger charge is -2.19. The van der Waals surface area contributed by atoms with Gasteiger partial charge in [-0.05, 0) is 24.6 Å². The summed E-state index contributed by atoms with van der Waals surface area (Å²) in [6.45, 7) is 5.85. The number of hydrogen-bond acceptors (Lipinski definition) is 3. The van der Waals surface area contributed by atoms with Gasteiger partial charge in [0.1, 0.15) is 5.75 Å². The third kappa shape index (κ3) is 4.56. The third-order valence-corrected chi connectivity index (χ3v) is 3.11. The number of carbonyl (C=O) groups excluding carboxylic acids is 1. The fourth-order valence-corrected chi connectivity index (χ4v) is 1.89. The molecule has 0 saturated carbocycles. The number of amides is 1. The Morgan fingerprint density at radius 1 is 1.37 bits per heavy atom. The van der Waals surface area contributed by atoms with Crippen molar-refractivity contribution in [3.8, 4) is 5.75 Å². The first-order valence-electron chi connectivity index (χ1n) is 6.72. The second-order valence-electron chi connectivity index (χ2n) is 4.53. The van der Waals surface area contributed by atoms with E-state index in [1.807, 2.05) is 20.0 Å². The van der Waals surface area contributed by atoms with Gasteiger partial charge >= 0.3 is 0 Å². The molecular formula is C15H24N2O2. The highest BCUT2D eigenvalue weighted by Gasteiger charge is 2.11. The van der Waals surface area contributed by atoms with Crippen LogP contribution in [0.5, 0.6) is 5.75 Å². The molecule has 0 radical (unpaired) electrons. The van der Waals surface area contributed by atoms with Crippen molar-refractivity contribution in [2.45, 2.75) is 26.8 Å². The summed E-state index contributed by atoms with van der Waals surface area (Å²) in [6.07, 6.45) is 0.978. The van der Waals surface area contributed by atoms with Crippen LogP contribution in [0.1, 0.15) is 25.0 Å². The second kappa shape index (κ2) is 7.79. The number of aryl methyl sites for hydroxylation is 1. The Morgan fingerprint density at radius 2 is 2.11 bits per heavy atom. The number of ether oxygens (including phenoxy) is 1. The van der Waals surface area contributed by atoms with Crippen LogP contribution < -0.4 is 10.1 Å². The smallest absolute Gasteiger partial charge is 0.236 e. The average Bonchev–Trinajstić information content (AvgIpc) is 2.44. The van der Waals surface area contributed by atoms with Crippen LogP contribution in [0.3, 0.4) is 0 Å². The first-order chi connectivity index (χ1) is 9.12. The number of nitrogens with one attached hydrogen (secondary N) is 1. The molecule has 0 fully saturated rings. The van der Waals surface area contributed by atoms with Gasteiger partial charge in [0, 0.05) is 19.2 Å². The lowest BCUT2D eigenvalue weighted by molar-refractivity contribution is -0.129. The van der Waals surface area contributed by atoms with Gasteiger partial charge < -0.3 is 15.0 Å². The fraction of sp³-hybridized carbons (Fsp3) is 0.533. The van der Waals surface area contributed by atoms with Crippen molar-refractivity contribution < 1.29 is 9.53 Å². The molecule has 0 heterocycles. The zero-order valence-electron chi connectivity index (χ0n) is 12.3. The lowest BCUT2D eigenvalue weighted by Crippen LogP contribution is -2.35. The van der Waals surface area contributed by atoms with E-state index in [0.29, 0.717) is 13.1 Å². The van der Waals surface area contributed by atoms with E-state index < -0.39 is 0 Å².